The van der Waals surface area contributed by atoms with Gasteiger partial charge in [0.25, 0.3) is 0 Å². The Bertz CT molecular complexity index is 918. The molecule has 0 aliphatic carbocycles. The summed E-state index contributed by atoms with van der Waals surface area (Å²) < 4.78 is 8.61. The highest BCUT2D eigenvalue weighted by atomic mass is 127. The Hall–Kier alpha value is -2.60. The van der Waals surface area contributed by atoms with Gasteiger partial charge in [0.1, 0.15) is 9.24 Å². The minimum Gasteiger partial charge on any atom is -0.481 e. The van der Waals surface area contributed by atoms with E-state index in [1.54, 1.807) is 7.11 Å². The molecule has 1 heterocycles. The average Bonchev–Trinajstić information content (AvgIpc) is 3.12. The Morgan fingerprint density at radius 3 is 1.52 bits per heavy atom. The maximum Gasteiger partial charge on any atom is 0.214 e. The zero-order chi connectivity index (χ0) is 18.7. The second kappa shape index (κ2) is 7.56. The lowest BCUT2D eigenvalue weighted by Crippen LogP contribution is -2.38. The molecule has 27 heavy (non-hydrogen) atoms. The zero-order valence-corrected chi connectivity index (χ0v) is 17.1. The number of aromatic nitrogens is 2. The molecule has 3 nitrogen and oxygen atoms in total. The van der Waals surface area contributed by atoms with Gasteiger partial charge < -0.3 is 4.74 Å². The van der Waals surface area contributed by atoms with Crippen LogP contribution in [-0.4, -0.2) is 16.9 Å². The number of nitrogens with zero attached hydrogens (tertiary/aromatic N) is 2. The van der Waals surface area contributed by atoms with Crippen molar-refractivity contribution in [2.45, 2.75) is 5.54 Å². The Balaban J connectivity index is 2.16. The maximum absolute atomic E-state index is 5.73. The monoisotopic (exact) mass is 466 g/mol. The minimum atomic E-state index is -0.640. The summed E-state index contributed by atoms with van der Waals surface area (Å²) >= 11 is 2.24. The van der Waals surface area contributed by atoms with Crippen molar-refractivity contribution in [1.29, 1.82) is 0 Å². The number of halogens is 1. The van der Waals surface area contributed by atoms with Gasteiger partial charge in [0.15, 0.2) is 0 Å². The van der Waals surface area contributed by atoms with Gasteiger partial charge in [-0.25, -0.2) is 4.68 Å². The molecule has 3 aromatic carbocycles. The normalized spacial score (nSPS) is 11.3. The fourth-order valence-electron chi connectivity index (χ4n) is 3.63. The van der Waals surface area contributed by atoms with E-state index in [9.17, 15) is 0 Å². The quantitative estimate of drug-likeness (QED) is 0.294. The molecule has 4 aromatic rings. The van der Waals surface area contributed by atoms with Crippen molar-refractivity contribution in [3.8, 4) is 5.88 Å². The van der Waals surface area contributed by atoms with Gasteiger partial charge in [0.05, 0.1) is 7.11 Å². The summed E-state index contributed by atoms with van der Waals surface area (Å²) in [5.41, 5.74) is 2.74. The van der Waals surface area contributed by atoms with Gasteiger partial charge in [0.2, 0.25) is 5.88 Å². The van der Waals surface area contributed by atoms with E-state index in [4.69, 9.17) is 9.84 Å². The molecule has 1 aromatic heterocycles. The van der Waals surface area contributed by atoms with Crippen LogP contribution in [0.1, 0.15) is 16.7 Å². The first kappa shape index (κ1) is 17.8. The van der Waals surface area contributed by atoms with Crippen molar-refractivity contribution in [1.82, 2.24) is 9.78 Å². The first-order valence-corrected chi connectivity index (χ1v) is 9.81. The van der Waals surface area contributed by atoms with Gasteiger partial charge in [-0.05, 0) is 39.3 Å². The molecule has 0 atom stereocenters. The zero-order valence-electron chi connectivity index (χ0n) is 14.9. The third-order valence-corrected chi connectivity index (χ3v) is 5.28. The van der Waals surface area contributed by atoms with E-state index >= 15 is 0 Å². The van der Waals surface area contributed by atoms with Gasteiger partial charge in [-0.2, -0.15) is 5.10 Å². The smallest absolute Gasteiger partial charge is 0.214 e. The molecular weight excluding hydrogens is 447 g/mol. The van der Waals surface area contributed by atoms with Crippen molar-refractivity contribution >= 4 is 22.6 Å². The van der Waals surface area contributed by atoms with E-state index in [2.05, 4.69) is 95.4 Å². The first-order chi connectivity index (χ1) is 13.3. The summed E-state index contributed by atoms with van der Waals surface area (Å²) in [6, 6.07) is 33.3. The molecule has 0 N–H and O–H groups in total. The number of methoxy groups -OCH3 is 1. The lowest BCUT2D eigenvalue weighted by Gasteiger charge is -2.36. The molecular formula is C23H19IN2O. The summed E-state index contributed by atoms with van der Waals surface area (Å²) in [4.78, 5) is 0. The highest BCUT2D eigenvalue weighted by Gasteiger charge is 2.41. The number of rotatable bonds is 5. The largest absolute Gasteiger partial charge is 0.481 e. The number of ether oxygens (including phenoxy) is 1. The molecule has 0 aliphatic heterocycles. The highest BCUT2D eigenvalue weighted by Crippen LogP contribution is 2.42. The fraction of sp³-hybridized carbons (Fsp3) is 0.0870. The molecule has 0 spiro atoms. The van der Waals surface area contributed by atoms with E-state index in [1.165, 1.54) is 0 Å². The Morgan fingerprint density at radius 1 is 0.741 bits per heavy atom. The molecule has 0 fully saturated rings. The predicted octanol–water partition coefficient (Wildman–Crippen LogP) is 5.34. The SMILES string of the molecule is COc1cc(I)nn1C(c1ccccc1)(c1ccccc1)c1ccccc1. The van der Waals surface area contributed by atoms with Crippen LogP contribution >= 0.6 is 22.6 Å². The Kier molecular flexibility index (Phi) is 4.99. The summed E-state index contributed by atoms with van der Waals surface area (Å²) in [7, 11) is 1.69. The van der Waals surface area contributed by atoms with Crippen LogP contribution in [0, 0.1) is 3.70 Å². The van der Waals surface area contributed by atoms with Crippen molar-refractivity contribution < 1.29 is 4.74 Å². The summed E-state index contributed by atoms with van der Waals surface area (Å²) in [6.07, 6.45) is 0. The predicted molar refractivity (Wildman–Crippen MR) is 116 cm³/mol. The molecule has 0 bridgehead atoms. The van der Waals surface area contributed by atoms with Gasteiger partial charge in [-0.15, -0.1) is 0 Å². The molecule has 0 saturated carbocycles. The second-order valence-electron chi connectivity index (χ2n) is 6.23. The molecule has 0 aliphatic rings. The van der Waals surface area contributed by atoms with Crippen LogP contribution in [0.3, 0.4) is 0 Å². The number of benzene rings is 3. The van der Waals surface area contributed by atoms with E-state index in [0.717, 1.165) is 26.3 Å². The maximum atomic E-state index is 5.73. The summed E-state index contributed by atoms with van der Waals surface area (Å²) in [5.74, 6) is 0.718. The van der Waals surface area contributed by atoms with Gasteiger partial charge in [-0.1, -0.05) is 91.0 Å². The molecule has 0 saturated heterocycles. The van der Waals surface area contributed by atoms with Crippen molar-refractivity contribution in [3.05, 3.63) is 117 Å². The molecule has 0 radical (unpaired) electrons. The van der Waals surface area contributed by atoms with Gasteiger partial charge in [-0.3, -0.25) is 0 Å². The van der Waals surface area contributed by atoms with Gasteiger partial charge in [0, 0.05) is 6.07 Å². The van der Waals surface area contributed by atoms with Crippen LogP contribution in [0.15, 0.2) is 97.1 Å². The number of hydrogen-bond acceptors (Lipinski definition) is 2. The lowest BCUT2D eigenvalue weighted by molar-refractivity contribution is 0.326. The first-order valence-electron chi connectivity index (χ1n) is 8.73. The van der Waals surface area contributed by atoms with Gasteiger partial charge >= 0.3 is 0 Å². The summed E-state index contributed by atoms with van der Waals surface area (Å²) in [6.45, 7) is 0. The van der Waals surface area contributed by atoms with Crippen LogP contribution in [0.4, 0.5) is 0 Å². The standard InChI is InChI=1S/C23H19IN2O/c1-27-22-17-21(24)25-26(22)23(18-11-5-2-6-12-18,19-13-7-3-8-14-19)20-15-9-4-10-16-20/h2-17H,1H3. The Labute approximate surface area is 172 Å². The Morgan fingerprint density at radius 2 is 1.15 bits per heavy atom. The average molecular weight is 466 g/mol. The van der Waals surface area contributed by atoms with Crippen molar-refractivity contribution in [2.24, 2.45) is 0 Å². The van der Waals surface area contributed by atoms with Crippen LogP contribution in [-0.2, 0) is 5.54 Å². The van der Waals surface area contributed by atoms with Crippen molar-refractivity contribution in [3.63, 3.8) is 0 Å². The van der Waals surface area contributed by atoms with E-state index in [0.29, 0.717) is 0 Å². The van der Waals surface area contributed by atoms with Crippen LogP contribution < -0.4 is 4.74 Å². The summed E-state index contributed by atoms with van der Waals surface area (Å²) in [5, 5.41) is 4.86. The fourth-order valence-corrected chi connectivity index (χ4v) is 4.11. The lowest BCUT2D eigenvalue weighted by atomic mass is 9.77. The van der Waals surface area contributed by atoms with E-state index in [-0.39, 0.29) is 0 Å². The molecule has 0 amide bonds. The van der Waals surface area contributed by atoms with E-state index in [1.807, 2.05) is 28.9 Å². The molecule has 134 valence electrons. The topological polar surface area (TPSA) is 27.1 Å². The second-order valence-corrected chi connectivity index (χ2v) is 7.33. The van der Waals surface area contributed by atoms with Crippen LogP contribution in [0.5, 0.6) is 5.88 Å². The van der Waals surface area contributed by atoms with Crippen LogP contribution in [0.25, 0.3) is 0 Å². The van der Waals surface area contributed by atoms with Crippen LogP contribution in [0.2, 0.25) is 0 Å². The van der Waals surface area contributed by atoms with E-state index < -0.39 is 5.54 Å². The van der Waals surface area contributed by atoms with Crippen molar-refractivity contribution in [2.75, 3.05) is 7.11 Å². The molecule has 4 rings (SSSR count). The third-order valence-electron chi connectivity index (χ3n) is 4.75. The molecule has 4 heteroatoms. The third kappa shape index (κ3) is 3.04. The number of hydrogen-bond donors (Lipinski definition) is 0. The molecule has 0 unspecified atom stereocenters. The highest BCUT2D eigenvalue weighted by molar-refractivity contribution is 14.1. The minimum absolute atomic E-state index is 0.640.